The van der Waals surface area contributed by atoms with Gasteiger partial charge < -0.3 is 4.74 Å². The molecule has 206 valence electrons. The lowest BCUT2D eigenvalue weighted by Gasteiger charge is -2.42. The number of rotatable bonds is 2. The van der Waals surface area contributed by atoms with E-state index in [0.29, 0.717) is 0 Å². The quantitative estimate of drug-likeness (QED) is 0.210. The van der Waals surface area contributed by atoms with Crippen molar-refractivity contribution in [1.29, 1.82) is 0 Å². The molecule has 5 aromatic carbocycles. The monoisotopic (exact) mass is 562 g/mol. The topological polar surface area (TPSA) is 35.0 Å². The summed E-state index contributed by atoms with van der Waals surface area (Å²) in [5.74, 6) is 1.75. The van der Waals surface area contributed by atoms with Gasteiger partial charge in [-0.05, 0) is 104 Å². The van der Waals surface area contributed by atoms with E-state index >= 15 is 0 Å². The molecule has 44 heavy (non-hydrogen) atoms. The van der Waals surface area contributed by atoms with Crippen molar-refractivity contribution in [3.63, 3.8) is 0 Å². The maximum atomic E-state index is 6.67. The van der Waals surface area contributed by atoms with Crippen LogP contribution in [0.25, 0.3) is 44.5 Å². The van der Waals surface area contributed by atoms with Crippen molar-refractivity contribution in [2.24, 2.45) is 0 Å². The van der Waals surface area contributed by atoms with E-state index in [9.17, 15) is 0 Å². The summed E-state index contributed by atoms with van der Waals surface area (Å²) in [6, 6.07) is 48.1. The zero-order valence-electron chi connectivity index (χ0n) is 23.8. The van der Waals surface area contributed by atoms with E-state index in [-0.39, 0.29) is 0 Å². The van der Waals surface area contributed by atoms with Crippen molar-refractivity contribution in [3.8, 4) is 56.0 Å². The van der Waals surface area contributed by atoms with Crippen molar-refractivity contribution < 1.29 is 4.74 Å². The molecular weight excluding hydrogens is 536 g/mol. The molecule has 0 amide bonds. The Balaban J connectivity index is 1.51. The van der Waals surface area contributed by atoms with Gasteiger partial charge in [0.05, 0.1) is 5.41 Å². The molecule has 1 spiro atoms. The molecule has 0 radical (unpaired) electrons. The first kappa shape index (κ1) is 24.8. The van der Waals surface area contributed by atoms with Crippen LogP contribution in [0.1, 0.15) is 22.3 Å². The highest BCUT2D eigenvalue weighted by Gasteiger charge is 2.49. The van der Waals surface area contributed by atoms with E-state index in [1.807, 2.05) is 24.8 Å². The summed E-state index contributed by atoms with van der Waals surface area (Å²) < 4.78 is 6.67. The largest absolute Gasteiger partial charge is 0.457 e. The third kappa shape index (κ3) is 3.50. The summed E-state index contributed by atoms with van der Waals surface area (Å²) in [7, 11) is 0. The Morgan fingerprint density at radius 1 is 0.364 bits per heavy atom. The minimum Gasteiger partial charge on any atom is -0.457 e. The van der Waals surface area contributed by atoms with Gasteiger partial charge in [0.25, 0.3) is 0 Å². The Labute approximate surface area is 256 Å². The molecule has 7 aromatic rings. The van der Waals surface area contributed by atoms with Crippen molar-refractivity contribution in [2.75, 3.05) is 0 Å². The molecule has 0 bridgehead atoms. The maximum Gasteiger partial charge on any atom is 0.132 e. The average Bonchev–Trinajstić information content (AvgIpc) is 3.20. The third-order valence-corrected chi connectivity index (χ3v) is 9.18. The molecule has 1 aliphatic carbocycles. The number of nitrogens with zero attached hydrogens (tertiary/aromatic N) is 2. The van der Waals surface area contributed by atoms with E-state index < -0.39 is 5.41 Å². The second-order valence-electron chi connectivity index (χ2n) is 11.4. The molecule has 0 saturated carbocycles. The van der Waals surface area contributed by atoms with Crippen LogP contribution < -0.4 is 4.74 Å². The standard InChI is InChI=1S/C41H26N2O/c1-2-8-32-31(7-1)33-15-13-29(27-17-21-42-22-18-27)25-37(33)41(38-26-30(14-16-34(32)38)28-19-23-43-24-20-28)35-9-3-5-11-39(35)44-40-12-6-4-10-36(40)41/h1-26H. The second kappa shape index (κ2) is 9.62. The normalized spacial score (nSPS) is 13.4. The van der Waals surface area contributed by atoms with Crippen LogP contribution in [0, 0.1) is 0 Å². The predicted octanol–water partition coefficient (Wildman–Crippen LogP) is 9.95. The molecule has 3 heterocycles. The van der Waals surface area contributed by atoms with Crippen LogP contribution in [0.4, 0.5) is 0 Å². The van der Waals surface area contributed by atoms with Crippen LogP contribution in [-0.2, 0) is 5.41 Å². The van der Waals surface area contributed by atoms with Crippen molar-refractivity contribution in [2.45, 2.75) is 5.41 Å². The zero-order chi connectivity index (χ0) is 29.1. The van der Waals surface area contributed by atoms with Crippen LogP contribution in [0.2, 0.25) is 0 Å². The maximum absolute atomic E-state index is 6.67. The number of ether oxygens (including phenoxy) is 1. The Morgan fingerprint density at radius 2 is 0.795 bits per heavy atom. The lowest BCUT2D eigenvalue weighted by molar-refractivity contribution is 0.435. The van der Waals surface area contributed by atoms with E-state index in [0.717, 1.165) is 44.9 Å². The van der Waals surface area contributed by atoms with Gasteiger partial charge in [-0.2, -0.15) is 0 Å². The molecule has 3 nitrogen and oxygen atoms in total. The van der Waals surface area contributed by atoms with Gasteiger partial charge in [0.1, 0.15) is 11.5 Å². The zero-order valence-corrected chi connectivity index (χ0v) is 23.8. The SMILES string of the molecule is c1ccc2c(c1)Oc1ccccc1C21c2cc(-c3ccncc3)ccc2-c2ccccc2-c2ccc(-c3ccncc3)cc21. The molecule has 0 N–H and O–H groups in total. The highest BCUT2D eigenvalue weighted by molar-refractivity contribution is 5.95. The first-order chi connectivity index (χ1) is 21.8. The van der Waals surface area contributed by atoms with Gasteiger partial charge in [0, 0.05) is 35.9 Å². The number of hydrogen-bond donors (Lipinski definition) is 0. The Bertz CT molecular complexity index is 2050. The molecule has 0 saturated heterocycles. The summed E-state index contributed by atoms with van der Waals surface area (Å²) in [6.45, 7) is 0. The van der Waals surface area contributed by atoms with Crippen molar-refractivity contribution in [3.05, 3.63) is 181 Å². The minimum atomic E-state index is -0.665. The van der Waals surface area contributed by atoms with Crippen molar-refractivity contribution >= 4 is 0 Å². The van der Waals surface area contributed by atoms with Gasteiger partial charge in [-0.15, -0.1) is 0 Å². The van der Waals surface area contributed by atoms with Gasteiger partial charge in [-0.1, -0.05) is 84.9 Å². The van der Waals surface area contributed by atoms with E-state index in [1.54, 1.807) is 0 Å². The van der Waals surface area contributed by atoms with Crippen LogP contribution in [0.5, 0.6) is 11.5 Å². The fraction of sp³-hybridized carbons (Fsp3) is 0.0244. The number of para-hydroxylation sites is 2. The first-order valence-corrected chi connectivity index (χ1v) is 14.9. The minimum absolute atomic E-state index is 0.665. The number of aromatic nitrogens is 2. The number of fused-ring (bicyclic) bond motifs is 11. The van der Waals surface area contributed by atoms with Crippen LogP contribution in [-0.4, -0.2) is 9.97 Å². The van der Waals surface area contributed by atoms with Gasteiger partial charge in [0.2, 0.25) is 0 Å². The number of benzene rings is 5. The van der Waals surface area contributed by atoms with Crippen molar-refractivity contribution in [1.82, 2.24) is 9.97 Å². The van der Waals surface area contributed by atoms with Gasteiger partial charge >= 0.3 is 0 Å². The highest BCUT2D eigenvalue weighted by atomic mass is 16.5. The van der Waals surface area contributed by atoms with E-state index in [1.165, 1.54) is 33.4 Å². The third-order valence-electron chi connectivity index (χ3n) is 9.18. The number of hydrogen-bond acceptors (Lipinski definition) is 3. The fourth-order valence-electron chi connectivity index (χ4n) is 7.30. The highest BCUT2D eigenvalue weighted by Crippen LogP contribution is 2.61. The molecule has 0 fully saturated rings. The Kier molecular flexibility index (Phi) is 5.41. The smallest absolute Gasteiger partial charge is 0.132 e. The summed E-state index contributed by atoms with van der Waals surface area (Å²) in [5.41, 5.74) is 13.5. The summed E-state index contributed by atoms with van der Waals surface area (Å²) >= 11 is 0. The summed E-state index contributed by atoms with van der Waals surface area (Å²) in [6.07, 6.45) is 7.45. The van der Waals surface area contributed by atoms with Crippen LogP contribution >= 0.6 is 0 Å². The molecule has 2 aliphatic rings. The van der Waals surface area contributed by atoms with Crippen LogP contribution in [0.15, 0.2) is 158 Å². The van der Waals surface area contributed by atoms with E-state index in [4.69, 9.17) is 4.74 Å². The summed E-state index contributed by atoms with van der Waals surface area (Å²) in [5, 5.41) is 0. The molecule has 3 heteroatoms. The molecule has 9 rings (SSSR count). The second-order valence-corrected chi connectivity index (χ2v) is 11.4. The fourth-order valence-corrected chi connectivity index (χ4v) is 7.30. The number of pyridine rings is 2. The van der Waals surface area contributed by atoms with Gasteiger partial charge in [-0.3, -0.25) is 9.97 Å². The van der Waals surface area contributed by atoms with Gasteiger partial charge in [0.15, 0.2) is 0 Å². The van der Waals surface area contributed by atoms with Gasteiger partial charge in [-0.25, -0.2) is 0 Å². The Hall–Kier alpha value is -5.80. The molecule has 2 aromatic heterocycles. The lowest BCUT2D eigenvalue weighted by Crippen LogP contribution is -2.34. The predicted molar refractivity (Wildman–Crippen MR) is 176 cm³/mol. The molecular formula is C41H26N2O. The lowest BCUT2D eigenvalue weighted by atomic mass is 9.61. The van der Waals surface area contributed by atoms with Crippen LogP contribution in [0.3, 0.4) is 0 Å². The molecule has 0 unspecified atom stereocenters. The Morgan fingerprint density at radius 3 is 1.27 bits per heavy atom. The average molecular weight is 563 g/mol. The molecule has 1 aliphatic heterocycles. The first-order valence-electron chi connectivity index (χ1n) is 14.9. The molecule has 0 atom stereocenters. The van der Waals surface area contributed by atoms with E-state index in [2.05, 4.69) is 143 Å². The summed E-state index contributed by atoms with van der Waals surface area (Å²) in [4.78, 5) is 8.59.